The summed E-state index contributed by atoms with van der Waals surface area (Å²) in [4.78, 5) is 23.3. The van der Waals surface area contributed by atoms with Gasteiger partial charge in [0.25, 0.3) is 0 Å². The number of rotatable bonds is 8. The topological polar surface area (TPSA) is 68.5 Å². The highest BCUT2D eigenvalue weighted by atomic mass is 16.5. The van der Waals surface area contributed by atoms with Crippen LogP contribution in [0.25, 0.3) is 0 Å². The third-order valence-corrected chi connectivity index (χ3v) is 5.62. The Morgan fingerprint density at radius 3 is 2.06 bits per heavy atom. The second kappa shape index (κ2) is 11.3. The van der Waals surface area contributed by atoms with E-state index in [1.807, 2.05) is 60.8 Å². The van der Waals surface area contributed by atoms with Crippen LogP contribution < -0.4 is 10.1 Å². The van der Waals surface area contributed by atoms with Crippen molar-refractivity contribution >= 4 is 12.1 Å². The zero-order valence-corrected chi connectivity index (χ0v) is 20.6. The van der Waals surface area contributed by atoms with Gasteiger partial charge in [-0.25, -0.2) is 0 Å². The van der Waals surface area contributed by atoms with Crippen molar-refractivity contribution in [3.8, 4) is 5.75 Å². The minimum Gasteiger partial charge on any atom is -0.486 e. The largest absolute Gasteiger partial charge is 0.486 e. The van der Waals surface area contributed by atoms with E-state index in [9.17, 15) is 9.59 Å². The highest BCUT2D eigenvalue weighted by Gasteiger charge is 2.36. The van der Waals surface area contributed by atoms with Crippen LogP contribution in [0.15, 0.2) is 28.7 Å². The summed E-state index contributed by atoms with van der Waals surface area (Å²) < 4.78 is 11.7. The van der Waals surface area contributed by atoms with Crippen molar-refractivity contribution in [1.82, 2.24) is 5.32 Å². The van der Waals surface area contributed by atoms with Gasteiger partial charge in [-0.15, -0.1) is 0 Å². The first-order valence-electron chi connectivity index (χ1n) is 10.9. The lowest BCUT2D eigenvalue weighted by Crippen LogP contribution is -2.27. The predicted molar refractivity (Wildman–Crippen MR) is 126 cm³/mol. The molecule has 1 aromatic carbocycles. The molecule has 0 radical (unpaired) electrons. The summed E-state index contributed by atoms with van der Waals surface area (Å²) in [6.45, 7) is 14.0. The Morgan fingerprint density at radius 2 is 1.65 bits per heavy atom. The molecule has 5 nitrogen and oxygen atoms in total. The van der Waals surface area contributed by atoms with Crippen molar-refractivity contribution in [3.05, 3.63) is 52.5 Å². The highest BCUT2D eigenvalue weighted by molar-refractivity contribution is 5.85. The Labute approximate surface area is 187 Å². The average molecular weight is 430 g/mol. The normalized spacial score (nSPS) is 11.5. The van der Waals surface area contributed by atoms with Crippen LogP contribution in [0.3, 0.4) is 0 Å². The number of aryl methyl sites for hydroxylation is 2. The molecule has 0 atom stereocenters. The van der Waals surface area contributed by atoms with Crippen molar-refractivity contribution in [2.24, 2.45) is 5.41 Å². The van der Waals surface area contributed by atoms with E-state index in [2.05, 4.69) is 25.2 Å². The summed E-state index contributed by atoms with van der Waals surface area (Å²) in [5.41, 5.74) is 2.36. The monoisotopic (exact) mass is 429 g/mol. The highest BCUT2D eigenvalue weighted by Crippen LogP contribution is 2.42. The van der Waals surface area contributed by atoms with Crippen LogP contribution in [0.4, 0.5) is 0 Å². The van der Waals surface area contributed by atoms with Gasteiger partial charge in [0.1, 0.15) is 18.1 Å². The molecule has 1 aromatic heterocycles. The molecule has 0 amide bonds. The van der Waals surface area contributed by atoms with E-state index in [1.165, 1.54) is 0 Å². The molecule has 2 rings (SSSR count). The van der Waals surface area contributed by atoms with E-state index in [0.29, 0.717) is 11.5 Å². The van der Waals surface area contributed by atoms with Gasteiger partial charge in [0.05, 0.1) is 5.41 Å². The van der Waals surface area contributed by atoms with Crippen molar-refractivity contribution in [2.45, 2.75) is 66.7 Å². The van der Waals surface area contributed by atoms with Gasteiger partial charge in [0, 0.05) is 5.41 Å². The van der Waals surface area contributed by atoms with E-state index in [1.54, 1.807) is 6.07 Å². The maximum absolute atomic E-state index is 12.2. The van der Waals surface area contributed by atoms with Crippen LogP contribution in [0.5, 0.6) is 5.75 Å². The Morgan fingerprint density at radius 1 is 1.06 bits per heavy atom. The lowest BCUT2D eigenvalue weighted by molar-refractivity contribution is -0.128. The minimum absolute atomic E-state index is 0.0658. The molecule has 0 bridgehead atoms. The number of furan rings is 1. The number of hydrogen-bond donors (Lipinski definition) is 1. The smallest absolute Gasteiger partial charge is 0.185 e. The van der Waals surface area contributed by atoms with Gasteiger partial charge in [-0.2, -0.15) is 0 Å². The molecule has 31 heavy (non-hydrogen) atoms. The maximum atomic E-state index is 12.2. The number of ketones is 1. The third kappa shape index (κ3) is 6.30. The fourth-order valence-corrected chi connectivity index (χ4v) is 3.62. The molecule has 0 aliphatic heterocycles. The van der Waals surface area contributed by atoms with Gasteiger partial charge in [-0.05, 0) is 69.6 Å². The fraction of sp³-hybridized carbons (Fsp3) is 0.538. The summed E-state index contributed by atoms with van der Waals surface area (Å²) in [7, 11) is 3.75. The lowest BCUT2D eigenvalue weighted by atomic mass is 9.72. The fourth-order valence-electron chi connectivity index (χ4n) is 3.62. The molecule has 0 spiro atoms. The van der Waals surface area contributed by atoms with Gasteiger partial charge >= 0.3 is 0 Å². The molecular weight excluding hydrogens is 390 g/mol. The Bertz CT molecular complexity index is 870. The molecule has 1 heterocycles. The molecular formula is C26H39NO4. The van der Waals surface area contributed by atoms with E-state index in [4.69, 9.17) is 9.15 Å². The van der Waals surface area contributed by atoms with E-state index in [0.717, 1.165) is 41.6 Å². The number of carbonyl (C=O) groups is 2. The van der Waals surface area contributed by atoms with Crippen LogP contribution in [0.2, 0.25) is 0 Å². The van der Waals surface area contributed by atoms with Crippen LogP contribution >= 0.6 is 0 Å². The van der Waals surface area contributed by atoms with Crippen LogP contribution in [0.1, 0.15) is 80.5 Å². The molecule has 0 saturated heterocycles. The second-order valence-electron chi connectivity index (χ2n) is 9.01. The third-order valence-electron chi connectivity index (χ3n) is 5.62. The van der Waals surface area contributed by atoms with Crippen LogP contribution in [0, 0.1) is 19.3 Å². The number of nitrogens with one attached hydrogen (secondary N) is 1. The Hall–Kier alpha value is -2.40. The standard InChI is InChI=1S/C24H32O4.C2H7N/c1-8-24(9-2,22-17(4)13-19(14-25)28-22)18-10-11-20(16(3)12-18)27-15-21(26)23(5,6)7;1-3-2/h10-14H,8-9,15H2,1-7H3;3H,1-2H3. The molecule has 2 aromatic rings. The van der Waals surface area contributed by atoms with Crippen LogP contribution in [-0.2, 0) is 10.2 Å². The lowest BCUT2D eigenvalue weighted by Gasteiger charge is -2.32. The van der Waals surface area contributed by atoms with E-state index in [-0.39, 0.29) is 17.8 Å². The van der Waals surface area contributed by atoms with Crippen molar-refractivity contribution in [1.29, 1.82) is 0 Å². The maximum Gasteiger partial charge on any atom is 0.185 e. The molecule has 5 heteroatoms. The molecule has 0 unspecified atom stereocenters. The number of aldehydes is 1. The number of Topliss-reactive ketones (excluding diaryl/α,β-unsaturated/α-hetero) is 1. The van der Waals surface area contributed by atoms with E-state index >= 15 is 0 Å². The Kier molecular flexibility index (Phi) is 9.70. The molecule has 0 fully saturated rings. The SMILES string of the molecule is CCC(CC)(c1ccc(OCC(=O)C(C)(C)C)c(C)c1)c1oc(C=O)cc1C.CNC. The van der Waals surface area contributed by atoms with Crippen molar-refractivity contribution in [2.75, 3.05) is 20.7 Å². The van der Waals surface area contributed by atoms with E-state index < -0.39 is 5.41 Å². The molecule has 172 valence electrons. The number of carbonyl (C=O) groups excluding carboxylic acids is 2. The predicted octanol–water partition coefficient (Wildman–Crippen LogP) is 5.64. The summed E-state index contributed by atoms with van der Waals surface area (Å²) in [5, 5.41) is 2.75. The number of benzene rings is 1. The average Bonchev–Trinajstić information content (AvgIpc) is 3.10. The molecule has 0 aliphatic carbocycles. The molecule has 0 aliphatic rings. The number of hydrogen-bond acceptors (Lipinski definition) is 5. The van der Waals surface area contributed by atoms with Gasteiger partial charge in [0.2, 0.25) is 0 Å². The summed E-state index contributed by atoms with van der Waals surface area (Å²) >= 11 is 0. The number of ether oxygens (including phenoxy) is 1. The molecule has 0 saturated carbocycles. The zero-order chi connectivity index (χ0) is 23.8. The van der Waals surface area contributed by atoms with Crippen molar-refractivity contribution < 1.29 is 18.7 Å². The van der Waals surface area contributed by atoms with Crippen molar-refractivity contribution in [3.63, 3.8) is 0 Å². The van der Waals surface area contributed by atoms with Crippen LogP contribution in [-0.4, -0.2) is 32.8 Å². The summed E-state index contributed by atoms with van der Waals surface area (Å²) in [6.07, 6.45) is 2.44. The molecule has 1 N–H and O–H groups in total. The first kappa shape index (κ1) is 26.6. The second-order valence-corrected chi connectivity index (χ2v) is 9.01. The Balaban J connectivity index is 0.00000151. The van der Waals surface area contributed by atoms with Gasteiger partial charge in [0.15, 0.2) is 17.8 Å². The summed E-state index contributed by atoms with van der Waals surface area (Å²) in [6, 6.07) is 7.87. The quantitative estimate of drug-likeness (QED) is 0.550. The van der Waals surface area contributed by atoms with Gasteiger partial charge in [-0.3, -0.25) is 9.59 Å². The summed E-state index contributed by atoms with van der Waals surface area (Å²) in [5.74, 6) is 1.99. The minimum atomic E-state index is -0.416. The van der Waals surface area contributed by atoms with Gasteiger partial charge < -0.3 is 14.5 Å². The first-order chi connectivity index (χ1) is 14.5. The zero-order valence-electron chi connectivity index (χ0n) is 20.6. The van der Waals surface area contributed by atoms with Gasteiger partial charge in [-0.1, -0.05) is 46.8 Å². The first-order valence-corrected chi connectivity index (χ1v) is 10.9.